The summed E-state index contributed by atoms with van der Waals surface area (Å²) in [7, 11) is 0. The van der Waals surface area contributed by atoms with Gasteiger partial charge < -0.3 is 29.9 Å². The maximum Gasteiger partial charge on any atom is 0.132 e. The van der Waals surface area contributed by atoms with Crippen molar-refractivity contribution >= 4 is 11.8 Å². The van der Waals surface area contributed by atoms with Gasteiger partial charge in [0.25, 0.3) is 0 Å². The molecule has 6 atom stereocenters. The van der Waals surface area contributed by atoms with Crippen molar-refractivity contribution in [2.75, 3.05) is 19.0 Å². The molecule has 94 valence electrons. The molecule has 0 aliphatic carbocycles. The normalized spacial score (nSPS) is 48.0. The second kappa shape index (κ2) is 5.18. The van der Waals surface area contributed by atoms with Gasteiger partial charge in [0.1, 0.15) is 29.9 Å². The number of aliphatic hydroxyl groups is 4. The molecule has 0 aromatic rings. The summed E-state index contributed by atoms with van der Waals surface area (Å²) in [6, 6.07) is 0. The van der Waals surface area contributed by atoms with Gasteiger partial charge in [-0.05, 0) is 0 Å². The lowest BCUT2D eigenvalue weighted by Crippen LogP contribution is -2.57. The van der Waals surface area contributed by atoms with Crippen LogP contribution < -0.4 is 0 Å². The first-order valence-corrected chi connectivity index (χ1v) is 6.22. The number of hydrogen-bond acceptors (Lipinski definition) is 7. The van der Waals surface area contributed by atoms with Crippen LogP contribution in [-0.4, -0.2) is 75.3 Å². The Hall–Kier alpha value is 0.110. The largest absolute Gasteiger partial charge is 0.394 e. The van der Waals surface area contributed by atoms with E-state index in [9.17, 15) is 15.3 Å². The zero-order valence-electron chi connectivity index (χ0n) is 8.60. The summed E-state index contributed by atoms with van der Waals surface area (Å²) in [6.07, 6.45) is -4.35. The molecule has 0 amide bonds. The predicted octanol–water partition coefficient (Wildman–Crippen LogP) is -2.08. The van der Waals surface area contributed by atoms with Crippen molar-refractivity contribution in [1.82, 2.24) is 0 Å². The fourth-order valence-electron chi connectivity index (χ4n) is 1.57. The van der Waals surface area contributed by atoms with Crippen LogP contribution in [0.2, 0.25) is 0 Å². The molecule has 4 N–H and O–H groups in total. The van der Waals surface area contributed by atoms with Crippen LogP contribution in [-0.2, 0) is 9.47 Å². The molecular weight excluding hydrogens is 236 g/mol. The molecule has 16 heavy (non-hydrogen) atoms. The van der Waals surface area contributed by atoms with E-state index in [0.717, 1.165) is 0 Å². The number of epoxide rings is 1. The quantitative estimate of drug-likeness (QED) is 0.426. The molecule has 2 rings (SSSR count). The maximum absolute atomic E-state index is 9.68. The van der Waals surface area contributed by atoms with Gasteiger partial charge in [-0.25, -0.2) is 0 Å². The van der Waals surface area contributed by atoms with E-state index >= 15 is 0 Å². The Morgan fingerprint density at radius 1 is 1.12 bits per heavy atom. The molecule has 1 unspecified atom stereocenters. The lowest BCUT2D eigenvalue weighted by Gasteiger charge is -2.39. The molecular formula is C9H16O6S. The van der Waals surface area contributed by atoms with E-state index in [2.05, 4.69) is 0 Å². The second-order valence-corrected chi connectivity index (χ2v) is 5.12. The monoisotopic (exact) mass is 252 g/mol. The smallest absolute Gasteiger partial charge is 0.132 e. The number of ether oxygens (including phenoxy) is 2. The molecule has 2 aliphatic rings. The van der Waals surface area contributed by atoms with E-state index < -0.39 is 29.9 Å². The Kier molecular flexibility index (Phi) is 4.06. The summed E-state index contributed by atoms with van der Waals surface area (Å²) in [5.74, 6) is 0.669. The Balaban J connectivity index is 1.89. The molecule has 0 aromatic heterocycles. The minimum absolute atomic E-state index is 0.192. The molecule has 2 saturated heterocycles. The fourth-order valence-corrected chi connectivity index (χ4v) is 2.75. The summed E-state index contributed by atoms with van der Waals surface area (Å²) in [5, 5.41) is 37.7. The van der Waals surface area contributed by atoms with E-state index in [0.29, 0.717) is 12.4 Å². The lowest BCUT2D eigenvalue weighted by molar-refractivity contribution is -0.205. The summed E-state index contributed by atoms with van der Waals surface area (Å²) < 4.78 is 10.3. The summed E-state index contributed by atoms with van der Waals surface area (Å²) >= 11 is 1.32. The highest BCUT2D eigenvalue weighted by atomic mass is 32.2. The third-order valence-electron chi connectivity index (χ3n) is 2.70. The Morgan fingerprint density at radius 3 is 2.38 bits per heavy atom. The Bertz CT molecular complexity index is 234. The first-order chi connectivity index (χ1) is 7.63. The van der Waals surface area contributed by atoms with Gasteiger partial charge in [-0.2, -0.15) is 0 Å². The highest BCUT2D eigenvalue weighted by molar-refractivity contribution is 7.99. The molecule has 0 bridgehead atoms. The van der Waals surface area contributed by atoms with Gasteiger partial charge in [-0.15, -0.1) is 11.8 Å². The van der Waals surface area contributed by atoms with E-state index in [1.54, 1.807) is 0 Å². The zero-order valence-corrected chi connectivity index (χ0v) is 9.42. The minimum atomic E-state index is -1.29. The van der Waals surface area contributed by atoms with Gasteiger partial charge in [-0.3, -0.25) is 0 Å². The van der Waals surface area contributed by atoms with Gasteiger partial charge in [0.15, 0.2) is 0 Å². The SMILES string of the molecule is OC[C@H]1O[C@@H](SCC2CO2)[C@H](O)[C@@H](O)[C@@H]1O. The third-order valence-corrected chi connectivity index (χ3v) is 3.98. The number of thioether (sulfide) groups is 1. The van der Waals surface area contributed by atoms with Crippen LogP contribution in [0.3, 0.4) is 0 Å². The van der Waals surface area contributed by atoms with E-state index in [1.807, 2.05) is 0 Å². The topological polar surface area (TPSA) is 103 Å². The minimum Gasteiger partial charge on any atom is -0.394 e. The van der Waals surface area contributed by atoms with Crippen molar-refractivity contribution in [2.24, 2.45) is 0 Å². The first kappa shape index (κ1) is 12.6. The zero-order chi connectivity index (χ0) is 11.7. The van der Waals surface area contributed by atoms with Crippen LogP contribution in [0.25, 0.3) is 0 Å². The Morgan fingerprint density at radius 2 is 1.81 bits per heavy atom. The first-order valence-electron chi connectivity index (χ1n) is 5.17. The van der Waals surface area contributed by atoms with Crippen molar-refractivity contribution < 1.29 is 29.9 Å². The average Bonchev–Trinajstić information content (AvgIpc) is 3.09. The van der Waals surface area contributed by atoms with Gasteiger partial charge in [-0.1, -0.05) is 0 Å². The predicted molar refractivity (Wildman–Crippen MR) is 56.0 cm³/mol. The van der Waals surface area contributed by atoms with Gasteiger partial charge in [0, 0.05) is 5.75 Å². The van der Waals surface area contributed by atoms with Crippen LogP contribution in [0.1, 0.15) is 0 Å². The van der Waals surface area contributed by atoms with Gasteiger partial charge in [0.2, 0.25) is 0 Å². The van der Waals surface area contributed by atoms with Crippen LogP contribution in [0.5, 0.6) is 0 Å². The lowest BCUT2D eigenvalue weighted by atomic mass is 10.0. The summed E-state index contributed by atoms with van der Waals surface area (Å²) in [4.78, 5) is 0. The second-order valence-electron chi connectivity index (χ2n) is 3.99. The number of rotatable bonds is 4. The van der Waals surface area contributed by atoms with Crippen molar-refractivity contribution in [3.8, 4) is 0 Å². The van der Waals surface area contributed by atoms with Crippen molar-refractivity contribution in [3.63, 3.8) is 0 Å². The third kappa shape index (κ3) is 2.67. The maximum atomic E-state index is 9.68. The molecule has 0 aromatic carbocycles. The molecule has 2 heterocycles. The van der Waals surface area contributed by atoms with Crippen LogP contribution in [0, 0.1) is 0 Å². The fraction of sp³-hybridized carbons (Fsp3) is 1.00. The van der Waals surface area contributed by atoms with Crippen molar-refractivity contribution in [2.45, 2.75) is 36.0 Å². The summed E-state index contributed by atoms with van der Waals surface area (Å²) in [6.45, 7) is 0.326. The van der Waals surface area contributed by atoms with E-state index in [4.69, 9.17) is 14.6 Å². The van der Waals surface area contributed by atoms with Crippen LogP contribution in [0.15, 0.2) is 0 Å². The van der Waals surface area contributed by atoms with Gasteiger partial charge >= 0.3 is 0 Å². The molecule has 0 spiro atoms. The molecule has 0 radical (unpaired) electrons. The summed E-state index contributed by atoms with van der Waals surface area (Å²) in [5.41, 5.74) is -0.639. The highest BCUT2D eigenvalue weighted by Gasteiger charge is 2.44. The standard InChI is InChI=1S/C9H16O6S/c10-1-5-6(11)7(12)8(13)9(15-5)16-3-4-2-14-4/h4-13H,1-3H2/t4?,5-,6-,7+,8-,9+/m1/s1. The van der Waals surface area contributed by atoms with Crippen molar-refractivity contribution in [3.05, 3.63) is 0 Å². The molecule has 6 nitrogen and oxygen atoms in total. The van der Waals surface area contributed by atoms with Crippen LogP contribution >= 0.6 is 11.8 Å². The average molecular weight is 252 g/mol. The van der Waals surface area contributed by atoms with E-state index in [1.165, 1.54) is 11.8 Å². The van der Waals surface area contributed by atoms with E-state index in [-0.39, 0.29) is 12.7 Å². The molecule has 0 saturated carbocycles. The van der Waals surface area contributed by atoms with Crippen molar-refractivity contribution in [1.29, 1.82) is 0 Å². The Labute approximate surface area is 97.2 Å². The number of hydrogen-bond donors (Lipinski definition) is 4. The highest BCUT2D eigenvalue weighted by Crippen LogP contribution is 2.30. The van der Waals surface area contributed by atoms with Crippen LogP contribution in [0.4, 0.5) is 0 Å². The molecule has 7 heteroatoms. The molecule has 2 fully saturated rings. The number of aliphatic hydroxyl groups excluding tert-OH is 4. The van der Waals surface area contributed by atoms with Gasteiger partial charge in [0.05, 0.1) is 19.3 Å². The molecule has 2 aliphatic heterocycles.